The van der Waals surface area contributed by atoms with Crippen LogP contribution in [0.2, 0.25) is 10.0 Å². The Kier molecular flexibility index (Phi) is 6.29. The van der Waals surface area contributed by atoms with Gasteiger partial charge in [0.2, 0.25) is 0 Å². The second-order valence-corrected chi connectivity index (χ2v) is 7.75. The minimum atomic E-state index is -0.490. The van der Waals surface area contributed by atoms with Crippen LogP contribution in [0.3, 0.4) is 0 Å². The van der Waals surface area contributed by atoms with E-state index in [-0.39, 0.29) is 22.4 Å². The summed E-state index contributed by atoms with van der Waals surface area (Å²) < 4.78 is 13.2. The molecule has 1 saturated heterocycles. The van der Waals surface area contributed by atoms with E-state index in [4.69, 9.17) is 23.2 Å². The summed E-state index contributed by atoms with van der Waals surface area (Å²) >= 11 is 13.7. The molecule has 0 spiro atoms. The number of rotatable bonds is 3. The Morgan fingerprint density at radius 2 is 1.48 bits per heavy atom. The molecular formula is C19H17Cl2FN2O2S. The average Bonchev–Trinajstić information content (AvgIpc) is 2.67. The maximum absolute atomic E-state index is 13.2. The van der Waals surface area contributed by atoms with Gasteiger partial charge in [-0.1, -0.05) is 23.2 Å². The Balaban J connectivity index is 1.68. The van der Waals surface area contributed by atoms with Gasteiger partial charge in [0.25, 0.3) is 11.8 Å². The van der Waals surface area contributed by atoms with Crippen LogP contribution >= 0.6 is 35.0 Å². The zero-order chi connectivity index (χ0) is 19.6. The van der Waals surface area contributed by atoms with E-state index in [1.165, 1.54) is 23.9 Å². The van der Waals surface area contributed by atoms with Crippen molar-refractivity contribution in [1.82, 2.24) is 9.80 Å². The highest BCUT2D eigenvalue weighted by atomic mass is 35.5. The minimum absolute atomic E-state index is 0.0826. The number of carbonyl (C=O) groups is 2. The zero-order valence-corrected chi connectivity index (χ0v) is 16.9. The standard InChI is InChI=1S/C19H17Cl2FN2O2S/c1-27-13-3-5-16(20)15(11-13)19(26)24-8-6-23(7-9-24)18(25)14-4-2-12(22)10-17(14)21/h2-5,10-11H,6-9H2,1H3. The number of piperazine rings is 1. The molecule has 1 aliphatic rings. The smallest absolute Gasteiger partial charge is 0.255 e. The van der Waals surface area contributed by atoms with Crippen LogP contribution in [-0.4, -0.2) is 54.0 Å². The van der Waals surface area contributed by atoms with E-state index in [1.807, 2.05) is 12.3 Å². The Labute approximate surface area is 171 Å². The lowest BCUT2D eigenvalue weighted by atomic mass is 10.1. The SMILES string of the molecule is CSc1ccc(Cl)c(C(=O)N2CCN(C(=O)c3ccc(F)cc3Cl)CC2)c1. The highest BCUT2D eigenvalue weighted by Gasteiger charge is 2.27. The first-order valence-electron chi connectivity index (χ1n) is 8.28. The van der Waals surface area contributed by atoms with Gasteiger partial charge in [0.15, 0.2) is 0 Å². The van der Waals surface area contributed by atoms with Gasteiger partial charge in [0, 0.05) is 31.1 Å². The third-order valence-electron chi connectivity index (χ3n) is 4.42. The number of nitrogens with zero attached hydrogens (tertiary/aromatic N) is 2. The monoisotopic (exact) mass is 426 g/mol. The Morgan fingerprint density at radius 1 is 0.889 bits per heavy atom. The average molecular weight is 427 g/mol. The predicted octanol–water partition coefficient (Wildman–Crippen LogP) is 4.45. The van der Waals surface area contributed by atoms with Crippen LogP contribution in [0, 0.1) is 5.82 Å². The van der Waals surface area contributed by atoms with E-state index in [0.29, 0.717) is 36.8 Å². The fourth-order valence-electron chi connectivity index (χ4n) is 2.91. The lowest BCUT2D eigenvalue weighted by molar-refractivity contribution is 0.0535. The minimum Gasteiger partial charge on any atom is -0.335 e. The molecule has 0 aromatic heterocycles. The van der Waals surface area contributed by atoms with Gasteiger partial charge in [-0.2, -0.15) is 0 Å². The quantitative estimate of drug-likeness (QED) is 0.680. The molecule has 1 fully saturated rings. The first-order chi connectivity index (χ1) is 12.9. The van der Waals surface area contributed by atoms with E-state index in [0.717, 1.165) is 11.0 Å². The van der Waals surface area contributed by atoms with Crippen molar-refractivity contribution in [2.24, 2.45) is 0 Å². The molecule has 3 rings (SSSR count). The van der Waals surface area contributed by atoms with Gasteiger partial charge in [-0.25, -0.2) is 4.39 Å². The van der Waals surface area contributed by atoms with Crippen molar-refractivity contribution in [3.8, 4) is 0 Å². The number of benzene rings is 2. The lowest BCUT2D eigenvalue weighted by Crippen LogP contribution is -2.50. The number of thioether (sulfide) groups is 1. The predicted molar refractivity (Wildman–Crippen MR) is 106 cm³/mol. The molecule has 0 aliphatic carbocycles. The van der Waals surface area contributed by atoms with Crippen LogP contribution in [0.25, 0.3) is 0 Å². The number of carbonyl (C=O) groups excluding carboxylic acids is 2. The molecule has 0 bridgehead atoms. The van der Waals surface area contributed by atoms with Gasteiger partial charge < -0.3 is 9.80 Å². The molecule has 142 valence electrons. The number of amides is 2. The first-order valence-corrected chi connectivity index (χ1v) is 10.3. The molecule has 0 atom stereocenters. The zero-order valence-electron chi connectivity index (χ0n) is 14.5. The summed E-state index contributed by atoms with van der Waals surface area (Å²) in [6, 6.07) is 9.08. The van der Waals surface area contributed by atoms with Crippen molar-refractivity contribution in [2.45, 2.75) is 4.90 Å². The lowest BCUT2D eigenvalue weighted by Gasteiger charge is -2.35. The normalized spacial score (nSPS) is 14.4. The second kappa shape index (κ2) is 8.50. The van der Waals surface area contributed by atoms with Gasteiger partial charge in [0.05, 0.1) is 21.2 Å². The molecule has 0 radical (unpaired) electrons. The molecule has 0 saturated carbocycles. The maximum Gasteiger partial charge on any atom is 0.255 e. The van der Waals surface area contributed by atoms with Gasteiger partial charge >= 0.3 is 0 Å². The van der Waals surface area contributed by atoms with Crippen LogP contribution < -0.4 is 0 Å². The van der Waals surface area contributed by atoms with Gasteiger partial charge in [0.1, 0.15) is 5.82 Å². The van der Waals surface area contributed by atoms with E-state index >= 15 is 0 Å². The van der Waals surface area contributed by atoms with Crippen molar-refractivity contribution in [1.29, 1.82) is 0 Å². The summed E-state index contributed by atoms with van der Waals surface area (Å²) in [4.78, 5) is 29.7. The fraction of sp³-hybridized carbons (Fsp3) is 0.263. The van der Waals surface area contributed by atoms with Crippen molar-refractivity contribution in [3.05, 3.63) is 63.4 Å². The highest BCUT2D eigenvalue weighted by Crippen LogP contribution is 2.25. The Hall–Kier alpha value is -1.76. The van der Waals surface area contributed by atoms with E-state index in [9.17, 15) is 14.0 Å². The topological polar surface area (TPSA) is 40.6 Å². The van der Waals surface area contributed by atoms with Crippen molar-refractivity contribution in [2.75, 3.05) is 32.4 Å². The summed E-state index contributed by atoms with van der Waals surface area (Å²) in [5, 5.41) is 0.494. The number of halogens is 3. The van der Waals surface area contributed by atoms with Crippen molar-refractivity contribution < 1.29 is 14.0 Å². The van der Waals surface area contributed by atoms with E-state index in [2.05, 4.69) is 0 Å². The Morgan fingerprint density at radius 3 is 2.04 bits per heavy atom. The van der Waals surface area contributed by atoms with Crippen LogP contribution in [0.1, 0.15) is 20.7 Å². The largest absolute Gasteiger partial charge is 0.335 e. The van der Waals surface area contributed by atoms with Crippen LogP contribution in [0.5, 0.6) is 0 Å². The molecule has 2 amide bonds. The summed E-state index contributed by atoms with van der Waals surface area (Å²) in [7, 11) is 0. The Bertz CT molecular complexity index is 886. The maximum atomic E-state index is 13.2. The third kappa shape index (κ3) is 4.39. The van der Waals surface area contributed by atoms with Crippen LogP contribution in [0.4, 0.5) is 4.39 Å². The third-order valence-corrected chi connectivity index (χ3v) is 5.79. The van der Waals surface area contributed by atoms with Crippen LogP contribution in [-0.2, 0) is 0 Å². The number of hydrogen-bond acceptors (Lipinski definition) is 3. The van der Waals surface area contributed by atoms with Crippen molar-refractivity contribution >= 4 is 46.8 Å². The molecule has 2 aromatic carbocycles. The van der Waals surface area contributed by atoms with Gasteiger partial charge in [-0.3, -0.25) is 9.59 Å². The molecule has 27 heavy (non-hydrogen) atoms. The van der Waals surface area contributed by atoms with E-state index in [1.54, 1.807) is 21.9 Å². The summed E-state index contributed by atoms with van der Waals surface area (Å²) in [6.45, 7) is 1.53. The molecule has 8 heteroatoms. The second-order valence-electron chi connectivity index (χ2n) is 6.05. The molecule has 1 aliphatic heterocycles. The van der Waals surface area contributed by atoms with Crippen LogP contribution in [0.15, 0.2) is 41.3 Å². The molecule has 0 N–H and O–H groups in total. The summed E-state index contributed by atoms with van der Waals surface area (Å²) in [5.41, 5.74) is 0.721. The fourth-order valence-corrected chi connectivity index (χ4v) is 3.80. The molecule has 2 aromatic rings. The highest BCUT2D eigenvalue weighted by molar-refractivity contribution is 7.98. The molecule has 1 heterocycles. The van der Waals surface area contributed by atoms with Gasteiger partial charge in [-0.05, 0) is 42.7 Å². The number of hydrogen-bond donors (Lipinski definition) is 0. The van der Waals surface area contributed by atoms with Gasteiger partial charge in [-0.15, -0.1) is 11.8 Å². The molecule has 4 nitrogen and oxygen atoms in total. The molecular weight excluding hydrogens is 410 g/mol. The first kappa shape index (κ1) is 20.0. The summed E-state index contributed by atoms with van der Waals surface area (Å²) in [6.07, 6.45) is 1.93. The van der Waals surface area contributed by atoms with E-state index < -0.39 is 5.82 Å². The van der Waals surface area contributed by atoms with Crippen molar-refractivity contribution in [3.63, 3.8) is 0 Å². The summed E-state index contributed by atoms with van der Waals surface area (Å²) in [5.74, 6) is -0.909. The molecule has 0 unspecified atom stereocenters.